The quantitative estimate of drug-likeness (QED) is 0.432. The Hall–Kier alpha value is -3.49. The summed E-state index contributed by atoms with van der Waals surface area (Å²) in [6, 6.07) is 7.36. The number of nitrogens with zero attached hydrogens (tertiary/aromatic N) is 3. The summed E-state index contributed by atoms with van der Waals surface area (Å²) in [5.74, 6) is 2.84. The van der Waals surface area contributed by atoms with Crippen molar-refractivity contribution >= 4 is 63.0 Å². The number of methoxy groups -OCH3 is 1. The zero-order valence-electron chi connectivity index (χ0n) is 19.4. The molecule has 1 fully saturated rings. The second kappa shape index (κ2) is 7.83. The summed E-state index contributed by atoms with van der Waals surface area (Å²) in [4.78, 5) is 26.3. The lowest BCUT2D eigenvalue weighted by molar-refractivity contribution is -0.117. The number of hydrogen-bond acceptors (Lipinski definition) is 7. The maximum atomic E-state index is 12.5. The first-order valence-electron chi connectivity index (χ1n) is 11.0. The van der Waals surface area contributed by atoms with E-state index in [2.05, 4.69) is 56.0 Å². The van der Waals surface area contributed by atoms with Crippen LogP contribution in [0.4, 0.5) is 11.6 Å². The highest BCUT2D eigenvalue weighted by atomic mass is 16.5. The molecule has 0 radical (unpaired) electrons. The van der Waals surface area contributed by atoms with Gasteiger partial charge < -0.3 is 19.8 Å². The van der Waals surface area contributed by atoms with Crippen LogP contribution in [-0.2, 0) is 4.79 Å². The number of pyridine rings is 2. The maximum absolute atomic E-state index is 12.5. The van der Waals surface area contributed by atoms with E-state index in [0.717, 1.165) is 22.8 Å². The van der Waals surface area contributed by atoms with Crippen molar-refractivity contribution in [2.24, 2.45) is 11.8 Å². The second-order valence-electron chi connectivity index (χ2n) is 9.67. The highest BCUT2D eigenvalue weighted by Gasteiger charge is 2.39. The third-order valence-corrected chi connectivity index (χ3v) is 5.79. The molecule has 4 aromatic rings. The van der Waals surface area contributed by atoms with Crippen LogP contribution in [0.5, 0.6) is 5.75 Å². The molecule has 11 heteroatoms. The molecule has 1 aliphatic rings. The van der Waals surface area contributed by atoms with Gasteiger partial charge in [0, 0.05) is 35.2 Å². The van der Waals surface area contributed by atoms with Crippen LogP contribution in [0.2, 0.25) is 0 Å². The van der Waals surface area contributed by atoms with Gasteiger partial charge in [0.05, 0.1) is 12.7 Å². The molecule has 8 nitrogen and oxygen atoms in total. The molecule has 3 heterocycles. The van der Waals surface area contributed by atoms with Gasteiger partial charge in [-0.25, -0.2) is 15.0 Å². The Morgan fingerprint density at radius 1 is 1.18 bits per heavy atom. The van der Waals surface area contributed by atoms with Crippen LogP contribution in [0.15, 0.2) is 41.1 Å². The topological polar surface area (TPSA) is 102 Å². The minimum absolute atomic E-state index is 0.00644. The maximum Gasteiger partial charge on any atom is 0.229 e. The standard InChI is InChI=1S/C22H24B3N5O3/c1-10-5-12(10)20(31)29-18-7-13-14(8-26-18)19(30-22(23,24)25)27-9-15(13)21-28-16-6-11(32-2)3-4-17(16)33-21/h3-4,6-10,12H,5,23-25H2,1-2H3,(H,27,30)(H,26,29,31)/t10-,12+/m1/s1. The summed E-state index contributed by atoms with van der Waals surface area (Å²) >= 11 is 0. The summed E-state index contributed by atoms with van der Waals surface area (Å²) in [6.07, 6.45) is 4.39. The molecular formula is C22H24B3N5O3. The lowest BCUT2D eigenvalue weighted by atomic mass is 9.49. The first-order chi connectivity index (χ1) is 15.7. The van der Waals surface area contributed by atoms with Gasteiger partial charge in [-0.2, -0.15) is 0 Å². The van der Waals surface area contributed by atoms with E-state index in [1.54, 1.807) is 19.5 Å². The Morgan fingerprint density at radius 3 is 2.67 bits per heavy atom. The number of fused-ring (bicyclic) bond motifs is 2. The monoisotopic (exact) mass is 439 g/mol. The van der Waals surface area contributed by atoms with Gasteiger partial charge in [-0.3, -0.25) is 4.79 Å². The number of oxazole rings is 1. The molecular weight excluding hydrogens is 415 g/mol. The van der Waals surface area contributed by atoms with Gasteiger partial charge >= 0.3 is 0 Å². The van der Waals surface area contributed by atoms with Gasteiger partial charge in [-0.1, -0.05) is 6.92 Å². The molecule has 3 aromatic heterocycles. The molecule has 1 amide bonds. The number of aromatic nitrogens is 3. The number of hydrogen-bond donors (Lipinski definition) is 2. The first kappa shape index (κ1) is 21.4. The Labute approximate surface area is 194 Å². The number of ether oxygens (including phenoxy) is 1. The molecule has 1 aliphatic carbocycles. The summed E-state index contributed by atoms with van der Waals surface area (Å²) < 4.78 is 11.4. The zero-order chi connectivity index (χ0) is 23.3. The summed E-state index contributed by atoms with van der Waals surface area (Å²) in [5, 5.41) is 7.86. The molecule has 164 valence electrons. The van der Waals surface area contributed by atoms with E-state index in [-0.39, 0.29) is 17.1 Å². The molecule has 0 aliphatic heterocycles. The van der Waals surface area contributed by atoms with E-state index in [9.17, 15) is 4.79 Å². The largest absolute Gasteiger partial charge is 0.497 e. The number of anilines is 2. The fourth-order valence-corrected chi connectivity index (χ4v) is 3.88. The second-order valence-corrected chi connectivity index (χ2v) is 9.67. The molecule has 0 saturated heterocycles. The molecule has 1 saturated carbocycles. The smallest absolute Gasteiger partial charge is 0.229 e. The van der Waals surface area contributed by atoms with E-state index in [1.807, 2.05) is 24.3 Å². The third kappa shape index (κ3) is 4.27. The van der Waals surface area contributed by atoms with Crippen molar-refractivity contribution in [1.82, 2.24) is 15.0 Å². The van der Waals surface area contributed by atoms with E-state index < -0.39 is 0 Å². The van der Waals surface area contributed by atoms with Crippen LogP contribution in [0.1, 0.15) is 13.3 Å². The van der Waals surface area contributed by atoms with Crippen molar-refractivity contribution in [1.29, 1.82) is 0 Å². The van der Waals surface area contributed by atoms with Gasteiger partial charge in [0.25, 0.3) is 0 Å². The fourth-order valence-electron chi connectivity index (χ4n) is 3.88. The molecule has 2 atom stereocenters. The minimum atomic E-state index is -0.190. The van der Waals surface area contributed by atoms with Crippen molar-refractivity contribution in [3.05, 3.63) is 36.7 Å². The molecule has 33 heavy (non-hydrogen) atoms. The van der Waals surface area contributed by atoms with Gasteiger partial charge in [0.1, 0.15) is 46.4 Å². The Kier molecular flexibility index (Phi) is 5.07. The zero-order valence-corrected chi connectivity index (χ0v) is 19.4. The average molecular weight is 439 g/mol. The van der Waals surface area contributed by atoms with Crippen molar-refractivity contribution in [2.45, 2.75) is 18.6 Å². The predicted octanol–water partition coefficient (Wildman–Crippen LogP) is 0.964. The highest BCUT2D eigenvalue weighted by Crippen LogP contribution is 2.39. The third-order valence-electron chi connectivity index (χ3n) is 5.79. The summed E-state index contributed by atoms with van der Waals surface area (Å²) in [6.45, 7) is 2.08. The Bertz CT molecular complexity index is 1390. The Balaban J connectivity index is 1.62. The first-order valence-corrected chi connectivity index (χ1v) is 11.0. The van der Waals surface area contributed by atoms with Crippen LogP contribution >= 0.6 is 0 Å². The van der Waals surface area contributed by atoms with Crippen molar-refractivity contribution in [2.75, 3.05) is 17.7 Å². The van der Waals surface area contributed by atoms with Gasteiger partial charge in [0.2, 0.25) is 11.8 Å². The van der Waals surface area contributed by atoms with Crippen molar-refractivity contribution < 1.29 is 13.9 Å². The fraction of sp³-hybridized carbons (Fsp3) is 0.273. The van der Waals surface area contributed by atoms with E-state index in [1.165, 1.54) is 0 Å². The lowest BCUT2D eigenvalue weighted by Gasteiger charge is -2.23. The van der Waals surface area contributed by atoms with Crippen LogP contribution in [-0.4, -0.2) is 56.7 Å². The van der Waals surface area contributed by atoms with E-state index in [4.69, 9.17) is 9.15 Å². The SMILES string of the molecule is BC(B)(B)Nc1ncc(-c2nc3cc(OC)ccc3o2)c2cc(NC(=O)[C@H]3C[C@H]3C)ncc12. The molecule has 0 unspecified atom stereocenters. The normalized spacial score (nSPS) is 17.8. The van der Waals surface area contributed by atoms with Crippen LogP contribution < -0.4 is 15.4 Å². The summed E-state index contributed by atoms with van der Waals surface area (Å²) in [7, 11) is 7.83. The van der Waals surface area contributed by atoms with Crippen LogP contribution in [0, 0.1) is 11.8 Å². The van der Waals surface area contributed by atoms with Crippen LogP contribution in [0.3, 0.4) is 0 Å². The predicted molar refractivity (Wildman–Crippen MR) is 137 cm³/mol. The van der Waals surface area contributed by atoms with Gasteiger partial charge in [-0.15, -0.1) is 0 Å². The number of nitrogens with one attached hydrogen (secondary N) is 2. The number of benzene rings is 1. The number of carbonyl (C=O) groups excluding carboxylic acids is 1. The molecule has 2 N–H and O–H groups in total. The average Bonchev–Trinajstić information content (AvgIpc) is 3.35. The number of carbonyl (C=O) groups is 1. The Morgan fingerprint density at radius 2 is 1.97 bits per heavy atom. The van der Waals surface area contributed by atoms with E-state index in [0.29, 0.717) is 40.3 Å². The molecule has 5 rings (SSSR count). The summed E-state index contributed by atoms with van der Waals surface area (Å²) in [5.41, 5.74) is 2.07. The lowest BCUT2D eigenvalue weighted by Crippen LogP contribution is -2.40. The minimum Gasteiger partial charge on any atom is -0.497 e. The highest BCUT2D eigenvalue weighted by molar-refractivity contribution is 6.60. The van der Waals surface area contributed by atoms with Gasteiger partial charge in [-0.05, 0) is 35.8 Å². The molecule has 0 bridgehead atoms. The van der Waals surface area contributed by atoms with Gasteiger partial charge in [0.15, 0.2) is 5.58 Å². The van der Waals surface area contributed by atoms with Crippen LogP contribution in [0.25, 0.3) is 33.3 Å². The van der Waals surface area contributed by atoms with Crippen molar-refractivity contribution in [3.8, 4) is 17.2 Å². The molecule has 1 aromatic carbocycles. The number of rotatable bonds is 6. The molecule has 0 spiro atoms. The van der Waals surface area contributed by atoms with Crippen molar-refractivity contribution in [3.63, 3.8) is 0 Å². The van der Waals surface area contributed by atoms with E-state index >= 15 is 0 Å². The number of amides is 1.